The van der Waals surface area contributed by atoms with Gasteiger partial charge in [-0.3, -0.25) is 9.59 Å². The normalized spacial score (nSPS) is 20.7. The molecule has 0 spiro atoms. The quantitative estimate of drug-likeness (QED) is 0.823. The topological polar surface area (TPSA) is 84.4 Å². The van der Waals surface area contributed by atoms with E-state index in [0.717, 1.165) is 57.5 Å². The van der Waals surface area contributed by atoms with Gasteiger partial charge in [0, 0.05) is 38.4 Å². The molecule has 3 heterocycles. The van der Waals surface area contributed by atoms with Gasteiger partial charge >= 0.3 is 0 Å². The van der Waals surface area contributed by atoms with Gasteiger partial charge in [0.1, 0.15) is 11.5 Å². The van der Waals surface area contributed by atoms with Crippen molar-refractivity contribution in [1.29, 1.82) is 0 Å². The minimum Gasteiger partial charge on any atom is -0.376 e. The summed E-state index contributed by atoms with van der Waals surface area (Å²) >= 11 is 0. The molecule has 27 heavy (non-hydrogen) atoms. The van der Waals surface area contributed by atoms with Gasteiger partial charge in [0.15, 0.2) is 0 Å². The molecule has 148 valence electrons. The third kappa shape index (κ3) is 5.73. The number of aryl methyl sites for hydroxylation is 2. The van der Waals surface area contributed by atoms with E-state index in [-0.39, 0.29) is 17.9 Å². The molecule has 2 fully saturated rings. The molecule has 3 rings (SSSR count). The number of carbonyl (C=O) groups excluding carboxylic acids is 2. The van der Waals surface area contributed by atoms with Crippen LogP contribution in [-0.2, 0) is 9.53 Å². The average Bonchev–Trinajstić information content (AvgIpc) is 3.17. The Morgan fingerprint density at radius 2 is 2.00 bits per heavy atom. The van der Waals surface area contributed by atoms with Crippen molar-refractivity contribution in [2.45, 2.75) is 58.5 Å². The maximum Gasteiger partial charge on any atom is 0.272 e. The predicted octanol–water partition coefficient (Wildman–Crippen LogP) is 2.02. The number of hydrogen-bond donors (Lipinski definition) is 1. The van der Waals surface area contributed by atoms with E-state index >= 15 is 0 Å². The van der Waals surface area contributed by atoms with E-state index in [9.17, 15) is 9.59 Å². The smallest absolute Gasteiger partial charge is 0.272 e. The summed E-state index contributed by atoms with van der Waals surface area (Å²) in [6, 6.07) is 1.75. The molecule has 2 aliphatic rings. The van der Waals surface area contributed by atoms with Gasteiger partial charge < -0.3 is 15.0 Å². The molecule has 1 aromatic rings. The molecule has 0 aliphatic carbocycles. The van der Waals surface area contributed by atoms with Crippen molar-refractivity contribution in [3.8, 4) is 0 Å². The lowest BCUT2D eigenvalue weighted by Gasteiger charge is -2.31. The molecule has 0 radical (unpaired) electrons. The van der Waals surface area contributed by atoms with Gasteiger partial charge in [-0.2, -0.15) is 0 Å². The summed E-state index contributed by atoms with van der Waals surface area (Å²) in [4.78, 5) is 35.0. The zero-order chi connectivity index (χ0) is 19.2. The van der Waals surface area contributed by atoms with Gasteiger partial charge in [-0.15, -0.1) is 0 Å². The van der Waals surface area contributed by atoms with Gasteiger partial charge in [-0.25, -0.2) is 9.97 Å². The number of aromatic nitrogens is 2. The molecule has 0 bridgehead atoms. The van der Waals surface area contributed by atoms with Gasteiger partial charge in [-0.1, -0.05) is 0 Å². The molecule has 1 unspecified atom stereocenters. The molecule has 1 aromatic heterocycles. The van der Waals surface area contributed by atoms with Crippen LogP contribution in [0, 0.1) is 19.8 Å². The monoisotopic (exact) mass is 374 g/mol. The highest BCUT2D eigenvalue weighted by atomic mass is 16.5. The van der Waals surface area contributed by atoms with Gasteiger partial charge in [0.25, 0.3) is 5.91 Å². The summed E-state index contributed by atoms with van der Waals surface area (Å²) in [5.74, 6) is 1.21. The van der Waals surface area contributed by atoms with E-state index in [0.29, 0.717) is 30.4 Å². The molecule has 7 heteroatoms. The fourth-order valence-electron chi connectivity index (χ4n) is 3.87. The average molecular weight is 374 g/mol. The molecular formula is C20H30N4O3. The van der Waals surface area contributed by atoms with Crippen LogP contribution in [0.2, 0.25) is 0 Å². The molecular weight excluding hydrogens is 344 g/mol. The van der Waals surface area contributed by atoms with E-state index in [4.69, 9.17) is 4.74 Å². The van der Waals surface area contributed by atoms with E-state index in [1.54, 1.807) is 13.0 Å². The van der Waals surface area contributed by atoms with Crippen LogP contribution < -0.4 is 5.32 Å². The molecule has 7 nitrogen and oxygen atoms in total. The molecule has 2 amide bonds. The summed E-state index contributed by atoms with van der Waals surface area (Å²) < 4.78 is 5.52. The number of nitrogens with zero attached hydrogens (tertiary/aromatic N) is 3. The van der Waals surface area contributed by atoms with Crippen LogP contribution in [0.25, 0.3) is 0 Å². The first-order valence-electron chi connectivity index (χ1n) is 10.0. The molecule has 0 saturated carbocycles. The van der Waals surface area contributed by atoms with Gasteiger partial charge in [0.05, 0.1) is 6.10 Å². The fourth-order valence-corrected chi connectivity index (χ4v) is 3.87. The van der Waals surface area contributed by atoms with E-state index in [2.05, 4.69) is 15.3 Å². The Kier molecular flexibility index (Phi) is 6.77. The van der Waals surface area contributed by atoms with Crippen molar-refractivity contribution < 1.29 is 14.3 Å². The second-order valence-electron chi connectivity index (χ2n) is 7.66. The zero-order valence-electron chi connectivity index (χ0n) is 16.4. The number of likely N-dealkylation sites (tertiary alicyclic amines) is 1. The van der Waals surface area contributed by atoms with Crippen LogP contribution in [-0.4, -0.2) is 59.0 Å². The minimum absolute atomic E-state index is 0.0173. The lowest BCUT2D eigenvalue weighted by Crippen LogP contribution is -2.39. The molecule has 0 aromatic carbocycles. The Balaban J connectivity index is 1.38. The number of piperidine rings is 1. The first-order chi connectivity index (χ1) is 13.0. The second kappa shape index (κ2) is 9.26. The zero-order valence-corrected chi connectivity index (χ0v) is 16.4. The third-order valence-corrected chi connectivity index (χ3v) is 5.42. The van der Waals surface area contributed by atoms with Gasteiger partial charge in [-0.05, 0) is 57.9 Å². The maximum absolute atomic E-state index is 12.6. The minimum atomic E-state index is -0.0173. The number of nitrogens with one attached hydrogen (secondary N) is 1. The maximum atomic E-state index is 12.6. The summed E-state index contributed by atoms with van der Waals surface area (Å²) in [5, 5.41) is 2.98. The largest absolute Gasteiger partial charge is 0.376 e. The standard InChI is InChI=1S/C20H30N4O3/c1-14-12-18(23-15(2)22-14)20(26)24-9-7-16(8-10-24)5-6-19(25)21-13-17-4-3-11-27-17/h12,16-17H,3-11,13H2,1-2H3,(H,21,25). The molecule has 1 atom stereocenters. The molecule has 2 saturated heterocycles. The van der Waals surface area contributed by atoms with Crippen LogP contribution in [0.5, 0.6) is 0 Å². The highest BCUT2D eigenvalue weighted by molar-refractivity contribution is 5.92. The van der Waals surface area contributed by atoms with E-state index < -0.39 is 0 Å². The number of carbonyl (C=O) groups is 2. The third-order valence-electron chi connectivity index (χ3n) is 5.42. The van der Waals surface area contributed by atoms with Crippen LogP contribution in [0.4, 0.5) is 0 Å². The van der Waals surface area contributed by atoms with Gasteiger partial charge in [0.2, 0.25) is 5.91 Å². The van der Waals surface area contributed by atoms with Crippen molar-refractivity contribution in [3.05, 3.63) is 23.3 Å². The number of hydrogen-bond acceptors (Lipinski definition) is 5. The van der Waals surface area contributed by atoms with Crippen molar-refractivity contribution in [2.24, 2.45) is 5.92 Å². The Labute approximate surface area is 160 Å². The highest BCUT2D eigenvalue weighted by Crippen LogP contribution is 2.23. The highest BCUT2D eigenvalue weighted by Gasteiger charge is 2.25. The lowest BCUT2D eigenvalue weighted by atomic mass is 9.92. The summed E-state index contributed by atoms with van der Waals surface area (Å²) in [7, 11) is 0. The SMILES string of the molecule is Cc1cc(C(=O)N2CCC(CCC(=O)NCC3CCCO3)CC2)nc(C)n1. The van der Waals surface area contributed by atoms with Crippen LogP contribution in [0.3, 0.4) is 0 Å². The van der Waals surface area contributed by atoms with E-state index in [1.807, 2.05) is 11.8 Å². The number of rotatable bonds is 6. The fraction of sp³-hybridized carbons (Fsp3) is 0.700. The van der Waals surface area contributed by atoms with Crippen molar-refractivity contribution >= 4 is 11.8 Å². The summed E-state index contributed by atoms with van der Waals surface area (Å²) in [5.41, 5.74) is 1.29. The van der Waals surface area contributed by atoms with Crippen molar-refractivity contribution in [3.63, 3.8) is 0 Å². The summed E-state index contributed by atoms with van der Waals surface area (Å²) in [6.45, 7) is 6.57. The Bertz CT molecular complexity index is 645. The Hall–Kier alpha value is -2.02. The predicted molar refractivity (Wildman–Crippen MR) is 101 cm³/mol. The Morgan fingerprint density at radius 3 is 2.67 bits per heavy atom. The van der Waals surface area contributed by atoms with Crippen molar-refractivity contribution in [2.75, 3.05) is 26.2 Å². The number of amides is 2. The lowest BCUT2D eigenvalue weighted by molar-refractivity contribution is -0.122. The van der Waals surface area contributed by atoms with E-state index in [1.165, 1.54) is 0 Å². The Morgan fingerprint density at radius 1 is 1.22 bits per heavy atom. The number of ether oxygens (including phenoxy) is 1. The first kappa shape index (κ1) is 19.7. The first-order valence-corrected chi connectivity index (χ1v) is 10.0. The van der Waals surface area contributed by atoms with Crippen LogP contribution >= 0.6 is 0 Å². The molecule has 2 aliphatic heterocycles. The second-order valence-corrected chi connectivity index (χ2v) is 7.66. The van der Waals surface area contributed by atoms with Crippen LogP contribution in [0.15, 0.2) is 6.07 Å². The summed E-state index contributed by atoms with van der Waals surface area (Å²) in [6.07, 6.45) is 5.63. The van der Waals surface area contributed by atoms with Crippen molar-refractivity contribution in [1.82, 2.24) is 20.2 Å². The van der Waals surface area contributed by atoms with Crippen LogP contribution in [0.1, 0.15) is 60.5 Å². The molecule has 1 N–H and O–H groups in total.